The third-order valence-corrected chi connectivity index (χ3v) is 5.24. The zero-order valence-corrected chi connectivity index (χ0v) is 13.5. The third-order valence-electron chi connectivity index (χ3n) is 5.24. The summed E-state index contributed by atoms with van der Waals surface area (Å²) in [5.74, 6) is -0.173. The largest absolute Gasteiger partial charge is 0.481 e. The molecule has 0 spiro atoms. The van der Waals surface area contributed by atoms with E-state index >= 15 is 0 Å². The number of amides is 1. The van der Waals surface area contributed by atoms with E-state index in [1.54, 1.807) is 11.0 Å². The van der Waals surface area contributed by atoms with Gasteiger partial charge in [-0.1, -0.05) is 35.9 Å². The first kappa shape index (κ1) is 15.8. The lowest BCUT2D eigenvalue weighted by Gasteiger charge is -2.39. The standard InChI is InChI=1S/C19H23NO3/c1-14(15-7-8-15)13-17(21)20-11-9-19(10-12-20,18(22)23)16-5-3-2-4-6-16/h2-6,13,15H,7-12H2,1H3,(H,22,23). The number of rotatable bonds is 4. The fourth-order valence-corrected chi connectivity index (χ4v) is 3.43. The predicted molar refractivity (Wildman–Crippen MR) is 88.1 cm³/mol. The number of benzene rings is 1. The van der Waals surface area contributed by atoms with Gasteiger partial charge in [0.25, 0.3) is 0 Å². The number of hydrogen-bond donors (Lipinski definition) is 1. The Morgan fingerprint density at radius 1 is 1.17 bits per heavy atom. The molecule has 4 nitrogen and oxygen atoms in total. The highest BCUT2D eigenvalue weighted by molar-refractivity contribution is 5.89. The number of nitrogens with zero attached hydrogens (tertiary/aromatic N) is 1. The first-order chi connectivity index (χ1) is 11.0. The highest BCUT2D eigenvalue weighted by Crippen LogP contribution is 2.37. The second kappa shape index (κ2) is 6.19. The van der Waals surface area contributed by atoms with Crippen LogP contribution in [-0.4, -0.2) is 35.0 Å². The van der Waals surface area contributed by atoms with Gasteiger partial charge in [-0.05, 0) is 44.1 Å². The molecule has 1 saturated carbocycles. The van der Waals surface area contributed by atoms with E-state index in [9.17, 15) is 14.7 Å². The van der Waals surface area contributed by atoms with Gasteiger partial charge in [-0.3, -0.25) is 9.59 Å². The van der Waals surface area contributed by atoms with Gasteiger partial charge in [0.1, 0.15) is 0 Å². The van der Waals surface area contributed by atoms with Gasteiger partial charge in [0, 0.05) is 19.2 Å². The van der Waals surface area contributed by atoms with Crippen LogP contribution in [0.15, 0.2) is 42.0 Å². The monoisotopic (exact) mass is 313 g/mol. The smallest absolute Gasteiger partial charge is 0.314 e. The van der Waals surface area contributed by atoms with Crippen LogP contribution in [0.2, 0.25) is 0 Å². The maximum Gasteiger partial charge on any atom is 0.314 e. The Kier molecular flexibility index (Phi) is 4.24. The highest BCUT2D eigenvalue weighted by Gasteiger charge is 2.43. The van der Waals surface area contributed by atoms with Gasteiger partial charge in [-0.15, -0.1) is 0 Å². The maximum absolute atomic E-state index is 12.4. The number of carbonyl (C=O) groups excluding carboxylic acids is 1. The van der Waals surface area contributed by atoms with Crippen LogP contribution in [0.5, 0.6) is 0 Å². The molecule has 4 heteroatoms. The summed E-state index contributed by atoms with van der Waals surface area (Å²) in [5, 5.41) is 9.78. The van der Waals surface area contributed by atoms with Crippen LogP contribution in [0.1, 0.15) is 38.2 Å². The van der Waals surface area contributed by atoms with Crippen LogP contribution < -0.4 is 0 Å². The topological polar surface area (TPSA) is 57.6 Å². The van der Waals surface area contributed by atoms with Gasteiger partial charge >= 0.3 is 5.97 Å². The summed E-state index contributed by atoms with van der Waals surface area (Å²) >= 11 is 0. The number of carbonyl (C=O) groups is 2. The van der Waals surface area contributed by atoms with Crippen LogP contribution in [0.4, 0.5) is 0 Å². The van der Waals surface area contributed by atoms with Crippen LogP contribution in [0.25, 0.3) is 0 Å². The number of hydrogen-bond acceptors (Lipinski definition) is 2. The summed E-state index contributed by atoms with van der Waals surface area (Å²) in [4.78, 5) is 26.1. The summed E-state index contributed by atoms with van der Waals surface area (Å²) in [6.45, 7) is 3.01. The molecule has 122 valence electrons. The van der Waals surface area contributed by atoms with Crippen molar-refractivity contribution in [1.29, 1.82) is 0 Å². The Balaban J connectivity index is 1.72. The van der Waals surface area contributed by atoms with Crippen LogP contribution in [-0.2, 0) is 15.0 Å². The van der Waals surface area contributed by atoms with Gasteiger partial charge in [0.05, 0.1) is 5.41 Å². The minimum atomic E-state index is -0.868. The molecule has 1 heterocycles. The molecular formula is C19H23NO3. The summed E-state index contributed by atoms with van der Waals surface area (Å²) in [5.41, 5.74) is 1.13. The Hall–Kier alpha value is -2.10. The summed E-state index contributed by atoms with van der Waals surface area (Å²) in [6.07, 6.45) is 5.05. The van der Waals surface area contributed by atoms with E-state index in [0.717, 1.165) is 11.1 Å². The Bertz CT molecular complexity index is 623. The second-order valence-electron chi connectivity index (χ2n) is 6.74. The van der Waals surface area contributed by atoms with Crippen molar-refractivity contribution in [2.45, 2.75) is 38.0 Å². The SMILES string of the molecule is CC(=CC(=O)N1CCC(C(=O)O)(c2ccccc2)CC1)C1CC1. The lowest BCUT2D eigenvalue weighted by atomic mass is 9.73. The van der Waals surface area contributed by atoms with Crippen molar-refractivity contribution in [2.75, 3.05) is 13.1 Å². The van der Waals surface area contributed by atoms with E-state index in [2.05, 4.69) is 0 Å². The Morgan fingerprint density at radius 3 is 2.30 bits per heavy atom. The minimum Gasteiger partial charge on any atom is -0.481 e. The van der Waals surface area contributed by atoms with E-state index in [0.29, 0.717) is 31.8 Å². The normalized spacial score (nSPS) is 21.1. The number of piperidine rings is 1. The quantitative estimate of drug-likeness (QED) is 0.869. The number of aliphatic carboxylic acids is 1. The van der Waals surface area contributed by atoms with Crippen LogP contribution in [0.3, 0.4) is 0 Å². The Morgan fingerprint density at radius 2 is 1.78 bits per heavy atom. The highest BCUT2D eigenvalue weighted by atomic mass is 16.4. The number of carboxylic acids is 1. The molecule has 0 aromatic heterocycles. The van der Waals surface area contributed by atoms with Crippen LogP contribution in [0, 0.1) is 5.92 Å². The molecule has 0 bridgehead atoms. The third kappa shape index (κ3) is 3.16. The molecule has 1 aliphatic heterocycles. The lowest BCUT2D eigenvalue weighted by molar-refractivity contribution is -0.147. The van der Waals surface area contributed by atoms with Gasteiger partial charge in [-0.2, -0.15) is 0 Å². The summed E-state index contributed by atoms with van der Waals surface area (Å²) < 4.78 is 0. The lowest BCUT2D eigenvalue weighted by Crippen LogP contribution is -2.48. The molecule has 3 rings (SSSR count). The molecule has 2 fully saturated rings. The molecule has 2 aliphatic rings. The molecule has 1 aromatic carbocycles. The van der Waals surface area contributed by atoms with Crippen LogP contribution >= 0.6 is 0 Å². The minimum absolute atomic E-state index is 0.0291. The molecule has 0 atom stereocenters. The van der Waals surface area contributed by atoms with Crippen molar-refractivity contribution in [1.82, 2.24) is 4.90 Å². The molecule has 0 radical (unpaired) electrons. The average molecular weight is 313 g/mol. The molecule has 0 unspecified atom stereocenters. The van der Waals surface area contributed by atoms with E-state index in [4.69, 9.17) is 0 Å². The fourth-order valence-electron chi connectivity index (χ4n) is 3.43. The number of likely N-dealkylation sites (tertiary alicyclic amines) is 1. The van der Waals surface area contributed by atoms with E-state index < -0.39 is 11.4 Å². The molecule has 23 heavy (non-hydrogen) atoms. The molecule has 1 N–H and O–H groups in total. The number of carboxylic acid groups (broad SMARTS) is 1. The first-order valence-corrected chi connectivity index (χ1v) is 8.29. The van der Waals surface area contributed by atoms with Crippen molar-refractivity contribution in [3.8, 4) is 0 Å². The Labute approximate surface area is 136 Å². The average Bonchev–Trinajstić information content (AvgIpc) is 3.40. The zero-order chi connectivity index (χ0) is 16.4. The second-order valence-corrected chi connectivity index (χ2v) is 6.74. The first-order valence-electron chi connectivity index (χ1n) is 8.29. The number of allylic oxidation sites excluding steroid dienone is 1. The van der Waals surface area contributed by atoms with Gasteiger partial charge in [0.2, 0.25) is 5.91 Å². The molecular weight excluding hydrogens is 290 g/mol. The maximum atomic E-state index is 12.4. The molecule has 1 amide bonds. The van der Waals surface area contributed by atoms with Crippen molar-refractivity contribution in [3.63, 3.8) is 0 Å². The van der Waals surface area contributed by atoms with Gasteiger partial charge in [-0.25, -0.2) is 0 Å². The molecule has 1 aliphatic carbocycles. The van der Waals surface area contributed by atoms with E-state index in [1.807, 2.05) is 37.3 Å². The van der Waals surface area contributed by atoms with Crippen molar-refractivity contribution in [2.24, 2.45) is 5.92 Å². The van der Waals surface area contributed by atoms with Crippen molar-refractivity contribution < 1.29 is 14.7 Å². The summed E-state index contributed by atoms with van der Waals surface area (Å²) in [6, 6.07) is 9.40. The van der Waals surface area contributed by atoms with E-state index in [-0.39, 0.29) is 5.91 Å². The van der Waals surface area contributed by atoms with Crippen molar-refractivity contribution in [3.05, 3.63) is 47.5 Å². The fraction of sp³-hybridized carbons (Fsp3) is 0.474. The van der Waals surface area contributed by atoms with E-state index in [1.165, 1.54) is 12.8 Å². The molecule has 1 aromatic rings. The van der Waals surface area contributed by atoms with Crippen molar-refractivity contribution >= 4 is 11.9 Å². The zero-order valence-electron chi connectivity index (χ0n) is 13.5. The van der Waals surface area contributed by atoms with Gasteiger partial charge < -0.3 is 10.0 Å². The predicted octanol–water partition coefficient (Wildman–Crippen LogP) is 2.99. The van der Waals surface area contributed by atoms with Gasteiger partial charge in [0.15, 0.2) is 0 Å². The molecule has 1 saturated heterocycles. The summed E-state index contributed by atoms with van der Waals surface area (Å²) in [7, 11) is 0.